The zero-order chi connectivity index (χ0) is 20.3. The number of hydrogen-bond donors (Lipinski definition) is 0. The maximum atomic E-state index is 12.6. The molecule has 3 aromatic rings. The van der Waals surface area contributed by atoms with Crippen LogP contribution in [0, 0.1) is 13.8 Å². The first-order chi connectivity index (χ1) is 13.3. The van der Waals surface area contributed by atoms with Gasteiger partial charge in [-0.05, 0) is 32.0 Å². The standard InChI is InChI=1S/C16H14F4N6O2/c1-9-5-10(2)26(24-9)16-23-21-8-25(16)22-7-11-3-4-12(27-14(17)18)6-13(11)28-15(19)20/h3-8,14-15H,1-2H3/b22-7-. The van der Waals surface area contributed by atoms with Crippen LogP contribution in [0.25, 0.3) is 5.95 Å². The molecule has 0 N–H and O–H groups in total. The van der Waals surface area contributed by atoms with Crippen LogP contribution in [-0.2, 0) is 0 Å². The van der Waals surface area contributed by atoms with E-state index >= 15 is 0 Å². The Morgan fingerprint density at radius 3 is 2.46 bits per heavy atom. The van der Waals surface area contributed by atoms with Crippen molar-refractivity contribution in [1.29, 1.82) is 0 Å². The number of nitrogens with zero attached hydrogens (tertiary/aromatic N) is 6. The van der Waals surface area contributed by atoms with E-state index in [0.717, 1.165) is 17.5 Å². The lowest BCUT2D eigenvalue weighted by Crippen LogP contribution is -2.08. The summed E-state index contributed by atoms with van der Waals surface area (Å²) in [5.41, 5.74) is 1.66. The molecule has 2 heterocycles. The maximum absolute atomic E-state index is 12.6. The average molecular weight is 398 g/mol. The van der Waals surface area contributed by atoms with Gasteiger partial charge >= 0.3 is 13.2 Å². The van der Waals surface area contributed by atoms with Crippen LogP contribution in [0.4, 0.5) is 17.6 Å². The Labute approximate surface area is 156 Å². The molecule has 1 aromatic carbocycles. The molecule has 28 heavy (non-hydrogen) atoms. The van der Waals surface area contributed by atoms with Crippen molar-refractivity contribution in [3.8, 4) is 17.4 Å². The smallest absolute Gasteiger partial charge is 0.387 e. The van der Waals surface area contributed by atoms with E-state index in [1.807, 2.05) is 19.9 Å². The highest BCUT2D eigenvalue weighted by Gasteiger charge is 2.14. The summed E-state index contributed by atoms with van der Waals surface area (Å²) in [5.74, 6) is -0.427. The zero-order valence-corrected chi connectivity index (χ0v) is 14.6. The molecule has 0 atom stereocenters. The number of benzene rings is 1. The van der Waals surface area contributed by atoms with Crippen molar-refractivity contribution in [2.45, 2.75) is 27.1 Å². The Kier molecular flexibility index (Phi) is 5.57. The van der Waals surface area contributed by atoms with E-state index in [0.29, 0.717) is 0 Å². The van der Waals surface area contributed by atoms with E-state index in [4.69, 9.17) is 0 Å². The van der Waals surface area contributed by atoms with Gasteiger partial charge in [-0.15, -0.1) is 10.2 Å². The Balaban J connectivity index is 1.92. The van der Waals surface area contributed by atoms with Crippen LogP contribution in [0.2, 0.25) is 0 Å². The quantitative estimate of drug-likeness (QED) is 0.451. The lowest BCUT2D eigenvalue weighted by atomic mass is 10.2. The van der Waals surface area contributed by atoms with E-state index in [-0.39, 0.29) is 23.0 Å². The molecule has 2 aromatic heterocycles. The molecular formula is C16H14F4N6O2. The van der Waals surface area contributed by atoms with Crippen molar-refractivity contribution in [2.24, 2.45) is 5.10 Å². The Morgan fingerprint density at radius 1 is 1.07 bits per heavy atom. The SMILES string of the molecule is Cc1cc(C)n(-c2nncn2/N=C\c2ccc(OC(F)F)cc2OC(F)F)n1. The molecule has 3 rings (SSSR count). The second-order valence-electron chi connectivity index (χ2n) is 5.52. The Hall–Kier alpha value is -3.44. The highest BCUT2D eigenvalue weighted by molar-refractivity contribution is 5.84. The van der Waals surface area contributed by atoms with Gasteiger partial charge in [-0.3, -0.25) is 0 Å². The lowest BCUT2D eigenvalue weighted by Gasteiger charge is -2.11. The van der Waals surface area contributed by atoms with Crippen LogP contribution in [-0.4, -0.2) is 44.1 Å². The van der Waals surface area contributed by atoms with E-state index in [2.05, 4.69) is 29.9 Å². The second kappa shape index (κ2) is 8.06. The molecule has 0 bridgehead atoms. The minimum absolute atomic E-state index is 0.106. The normalized spacial score (nSPS) is 11.7. The largest absolute Gasteiger partial charge is 0.435 e. The van der Waals surface area contributed by atoms with Crippen LogP contribution in [0.1, 0.15) is 17.0 Å². The van der Waals surface area contributed by atoms with Gasteiger partial charge in [-0.25, -0.2) is 4.68 Å². The van der Waals surface area contributed by atoms with E-state index < -0.39 is 13.2 Å². The summed E-state index contributed by atoms with van der Waals surface area (Å²) in [6.07, 6.45) is 2.49. The molecule has 0 unspecified atom stereocenters. The predicted octanol–water partition coefficient (Wildman–Crippen LogP) is 3.17. The Morgan fingerprint density at radius 2 is 1.82 bits per heavy atom. The number of hydrogen-bond acceptors (Lipinski definition) is 6. The second-order valence-corrected chi connectivity index (χ2v) is 5.52. The van der Waals surface area contributed by atoms with Gasteiger partial charge in [0.25, 0.3) is 5.95 Å². The lowest BCUT2D eigenvalue weighted by molar-refractivity contribution is -0.0543. The summed E-state index contributed by atoms with van der Waals surface area (Å²) < 4.78 is 61.3. The number of halogens is 4. The van der Waals surface area contributed by atoms with Crippen molar-refractivity contribution in [1.82, 2.24) is 24.7 Å². The topological polar surface area (TPSA) is 79.4 Å². The predicted molar refractivity (Wildman–Crippen MR) is 89.3 cm³/mol. The van der Waals surface area contributed by atoms with Crippen molar-refractivity contribution < 1.29 is 27.0 Å². The number of alkyl halides is 4. The summed E-state index contributed by atoms with van der Waals surface area (Å²) in [6.45, 7) is -2.63. The molecule has 0 amide bonds. The van der Waals surface area contributed by atoms with Gasteiger partial charge < -0.3 is 9.47 Å². The van der Waals surface area contributed by atoms with Crippen LogP contribution >= 0.6 is 0 Å². The zero-order valence-electron chi connectivity index (χ0n) is 14.6. The molecule has 0 aliphatic rings. The summed E-state index contributed by atoms with van der Waals surface area (Å²) >= 11 is 0. The van der Waals surface area contributed by atoms with E-state index in [1.165, 1.54) is 34.0 Å². The summed E-state index contributed by atoms with van der Waals surface area (Å²) in [4.78, 5) is 0. The summed E-state index contributed by atoms with van der Waals surface area (Å²) in [7, 11) is 0. The van der Waals surface area contributed by atoms with Crippen molar-refractivity contribution in [3.05, 3.63) is 47.5 Å². The van der Waals surface area contributed by atoms with Gasteiger partial charge in [0.2, 0.25) is 0 Å². The summed E-state index contributed by atoms with van der Waals surface area (Å²) in [6, 6.07) is 5.19. The molecular weight excluding hydrogens is 384 g/mol. The highest BCUT2D eigenvalue weighted by Crippen LogP contribution is 2.26. The number of aromatic nitrogens is 5. The number of rotatable bonds is 7. The minimum Gasteiger partial charge on any atom is -0.435 e. The van der Waals surface area contributed by atoms with Crippen molar-refractivity contribution in [3.63, 3.8) is 0 Å². The summed E-state index contributed by atoms with van der Waals surface area (Å²) in [5, 5.41) is 16.1. The minimum atomic E-state index is -3.16. The fourth-order valence-corrected chi connectivity index (χ4v) is 2.40. The van der Waals surface area contributed by atoms with Crippen LogP contribution < -0.4 is 9.47 Å². The van der Waals surface area contributed by atoms with Gasteiger partial charge in [0, 0.05) is 17.3 Å². The van der Waals surface area contributed by atoms with Crippen molar-refractivity contribution in [2.75, 3.05) is 0 Å². The fourth-order valence-electron chi connectivity index (χ4n) is 2.40. The van der Waals surface area contributed by atoms with Gasteiger partial charge in [-0.2, -0.15) is 32.4 Å². The first kappa shape index (κ1) is 19.3. The molecule has 8 nitrogen and oxygen atoms in total. The molecule has 0 radical (unpaired) electrons. The molecule has 0 saturated carbocycles. The first-order valence-corrected chi connectivity index (χ1v) is 7.85. The molecule has 12 heteroatoms. The Bertz CT molecular complexity index is 985. The van der Waals surface area contributed by atoms with E-state index in [1.54, 1.807) is 0 Å². The van der Waals surface area contributed by atoms with Crippen LogP contribution in [0.3, 0.4) is 0 Å². The van der Waals surface area contributed by atoms with Gasteiger partial charge in [0.05, 0.1) is 11.9 Å². The van der Waals surface area contributed by atoms with Gasteiger partial charge in [-0.1, -0.05) is 0 Å². The van der Waals surface area contributed by atoms with Crippen LogP contribution in [0.15, 0.2) is 35.7 Å². The monoisotopic (exact) mass is 398 g/mol. The maximum Gasteiger partial charge on any atom is 0.387 e. The molecule has 0 saturated heterocycles. The third-order valence-corrected chi connectivity index (χ3v) is 3.46. The molecule has 0 spiro atoms. The number of ether oxygens (including phenoxy) is 2. The van der Waals surface area contributed by atoms with Gasteiger partial charge in [0.15, 0.2) is 0 Å². The fraction of sp³-hybridized carbons (Fsp3) is 0.250. The molecule has 0 aliphatic heterocycles. The third-order valence-electron chi connectivity index (χ3n) is 3.46. The number of aryl methyl sites for hydroxylation is 2. The molecule has 0 fully saturated rings. The highest BCUT2D eigenvalue weighted by atomic mass is 19.3. The van der Waals surface area contributed by atoms with Crippen LogP contribution in [0.5, 0.6) is 11.5 Å². The van der Waals surface area contributed by atoms with Gasteiger partial charge in [0.1, 0.15) is 17.8 Å². The molecule has 0 aliphatic carbocycles. The average Bonchev–Trinajstić information content (AvgIpc) is 3.18. The van der Waals surface area contributed by atoms with E-state index in [9.17, 15) is 17.6 Å². The third kappa shape index (κ3) is 4.45. The first-order valence-electron chi connectivity index (χ1n) is 7.85. The van der Waals surface area contributed by atoms with Crippen molar-refractivity contribution >= 4 is 6.21 Å². The molecule has 148 valence electrons.